The molecule has 110 valence electrons. The fourth-order valence-electron chi connectivity index (χ4n) is 2.45. The summed E-state index contributed by atoms with van der Waals surface area (Å²) >= 11 is 0. The Bertz CT molecular complexity index is 619. The number of furan rings is 1. The van der Waals surface area contributed by atoms with Gasteiger partial charge in [-0.3, -0.25) is 4.79 Å². The number of rotatable bonds is 4. The standard InChI is InChI=1S/C15H18N4O2/c1-11-8-14(19-5-2-3-6-19)18-13(17-11)9-16-15(20)12-4-7-21-10-12/h4,7-8,10H,2-3,5-6,9H2,1H3,(H,16,20). The molecule has 6 nitrogen and oxygen atoms in total. The topological polar surface area (TPSA) is 71.3 Å². The first-order valence-electron chi connectivity index (χ1n) is 7.12. The van der Waals surface area contributed by atoms with Crippen LogP contribution in [-0.4, -0.2) is 29.0 Å². The number of nitrogens with one attached hydrogen (secondary N) is 1. The van der Waals surface area contributed by atoms with Gasteiger partial charge in [0, 0.05) is 24.8 Å². The van der Waals surface area contributed by atoms with Crippen LogP contribution in [0.3, 0.4) is 0 Å². The number of nitrogens with zero attached hydrogens (tertiary/aromatic N) is 3. The fraction of sp³-hybridized carbons (Fsp3) is 0.400. The lowest BCUT2D eigenvalue weighted by Crippen LogP contribution is -2.25. The Hall–Kier alpha value is -2.37. The Balaban J connectivity index is 1.69. The van der Waals surface area contributed by atoms with Gasteiger partial charge in [0.25, 0.3) is 5.91 Å². The molecule has 1 fully saturated rings. The zero-order valence-corrected chi connectivity index (χ0v) is 12.0. The van der Waals surface area contributed by atoms with Crippen LogP contribution in [0.2, 0.25) is 0 Å². The maximum Gasteiger partial charge on any atom is 0.254 e. The van der Waals surface area contributed by atoms with E-state index in [1.54, 1.807) is 6.07 Å². The number of hydrogen-bond donors (Lipinski definition) is 1. The molecule has 21 heavy (non-hydrogen) atoms. The second kappa shape index (κ2) is 5.95. The lowest BCUT2D eigenvalue weighted by atomic mass is 10.3. The summed E-state index contributed by atoms with van der Waals surface area (Å²) in [6, 6.07) is 3.62. The predicted molar refractivity (Wildman–Crippen MR) is 78.1 cm³/mol. The Morgan fingerprint density at radius 1 is 1.38 bits per heavy atom. The van der Waals surface area contributed by atoms with Gasteiger partial charge in [0.2, 0.25) is 0 Å². The molecule has 1 N–H and O–H groups in total. The molecular weight excluding hydrogens is 268 g/mol. The first-order valence-corrected chi connectivity index (χ1v) is 7.12. The van der Waals surface area contributed by atoms with Crippen LogP contribution in [0.25, 0.3) is 0 Å². The molecule has 3 heterocycles. The monoisotopic (exact) mass is 286 g/mol. The van der Waals surface area contributed by atoms with Crippen LogP contribution in [-0.2, 0) is 6.54 Å². The quantitative estimate of drug-likeness (QED) is 0.929. The highest BCUT2D eigenvalue weighted by atomic mass is 16.3. The van der Waals surface area contributed by atoms with E-state index in [1.165, 1.54) is 25.4 Å². The molecule has 1 aliphatic heterocycles. The van der Waals surface area contributed by atoms with Crippen molar-refractivity contribution < 1.29 is 9.21 Å². The molecule has 0 unspecified atom stereocenters. The minimum absolute atomic E-state index is 0.184. The van der Waals surface area contributed by atoms with Gasteiger partial charge in [0.1, 0.15) is 17.9 Å². The summed E-state index contributed by atoms with van der Waals surface area (Å²) in [5, 5.41) is 2.80. The summed E-state index contributed by atoms with van der Waals surface area (Å²) < 4.78 is 4.89. The van der Waals surface area contributed by atoms with Crippen LogP contribution in [0, 0.1) is 6.92 Å². The Morgan fingerprint density at radius 2 is 2.19 bits per heavy atom. The summed E-state index contributed by atoms with van der Waals surface area (Å²) in [7, 11) is 0. The molecule has 0 aromatic carbocycles. The van der Waals surface area contributed by atoms with Crippen molar-refractivity contribution in [2.45, 2.75) is 26.3 Å². The number of anilines is 1. The van der Waals surface area contributed by atoms with Crippen molar-refractivity contribution in [3.63, 3.8) is 0 Å². The second-order valence-corrected chi connectivity index (χ2v) is 5.17. The average molecular weight is 286 g/mol. The van der Waals surface area contributed by atoms with Gasteiger partial charge in [0.05, 0.1) is 18.4 Å². The van der Waals surface area contributed by atoms with E-state index in [4.69, 9.17) is 4.42 Å². The summed E-state index contributed by atoms with van der Waals surface area (Å²) in [4.78, 5) is 23.1. The number of aromatic nitrogens is 2. The molecule has 3 rings (SSSR count). The van der Waals surface area contributed by atoms with Crippen LogP contribution in [0.15, 0.2) is 29.1 Å². The molecule has 0 spiro atoms. The van der Waals surface area contributed by atoms with E-state index in [0.717, 1.165) is 24.6 Å². The van der Waals surface area contributed by atoms with E-state index in [2.05, 4.69) is 20.2 Å². The van der Waals surface area contributed by atoms with Gasteiger partial charge in [-0.1, -0.05) is 0 Å². The van der Waals surface area contributed by atoms with Gasteiger partial charge >= 0.3 is 0 Å². The van der Waals surface area contributed by atoms with Crippen molar-refractivity contribution in [2.24, 2.45) is 0 Å². The number of carbonyl (C=O) groups is 1. The van der Waals surface area contributed by atoms with Gasteiger partial charge in [-0.2, -0.15) is 0 Å². The first-order chi connectivity index (χ1) is 10.2. The lowest BCUT2D eigenvalue weighted by Gasteiger charge is -2.17. The van der Waals surface area contributed by atoms with Crippen molar-refractivity contribution in [3.8, 4) is 0 Å². The van der Waals surface area contributed by atoms with Crippen LogP contribution in [0.1, 0.15) is 34.7 Å². The number of aryl methyl sites for hydroxylation is 1. The van der Waals surface area contributed by atoms with Gasteiger partial charge in [-0.05, 0) is 25.8 Å². The Labute approximate surface area is 123 Å². The number of amides is 1. The maximum atomic E-state index is 11.9. The molecule has 0 bridgehead atoms. The highest BCUT2D eigenvalue weighted by Gasteiger charge is 2.15. The number of carbonyl (C=O) groups excluding carboxylic acids is 1. The highest BCUT2D eigenvalue weighted by Crippen LogP contribution is 2.18. The zero-order valence-electron chi connectivity index (χ0n) is 12.0. The first kappa shape index (κ1) is 13.6. The fourth-order valence-corrected chi connectivity index (χ4v) is 2.45. The van der Waals surface area contributed by atoms with Crippen molar-refractivity contribution in [1.82, 2.24) is 15.3 Å². The van der Waals surface area contributed by atoms with E-state index in [0.29, 0.717) is 17.9 Å². The third-order valence-electron chi connectivity index (χ3n) is 3.51. The molecule has 2 aromatic rings. The molecule has 0 radical (unpaired) electrons. The van der Waals surface area contributed by atoms with Crippen LogP contribution >= 0.6 is 0 Å². The lowest BCUT2D eigenvalue weighted by molar-refractivity contribution is 0.0949. The smallest absolute Gasteiger partial charge is 0.254 e. The van der Waals surface area contributed by atoms with E-state index in [-0.39, 0.29) is 5.91 Å². The normalized spacial score (nSPS) is 14.4. The van der Waals surface area contributed by atoms with Crippen LogP contribution < -0.4 is 10.2 Å². The number of hydrogen-bond acceptors (Lipinski definition) is 5. The maximum absolute atomic E-state index is 11.9. The molecule has 0 saturated carbocycles. The van der Waals surface area contributed by atoms with E-state index in [1.807, 2.05) is 13.0 Å². The van der Waals surface area contributed by atoms with Crippen LogP contribution in [0.4, 0.5) is 5.82 Å². The third kappa shape index (κ3) is 3.21. The summed E-state index contributed by atoms with van der Waals surface area (Å²) in [6.07, 6.45) is 5.30. The molecule has 0 aliphatic carbocycles. The molecule has 1 saturated heterocycles. The van der Waals surface area contributed by atoms with E-state index < -0.39 is 0 Å². The molecule has 6 heteroatoms. The summed E-state index contributed by atoms with van der Waals surface area (Å²) in [6.45, 7) is 4.34. The van der Waals surface area contributed by atoms with Crippen molar-refractivity contribution in [1.29, 1.82) is 0 Å². The van der Waals surface area contributed by atoms with Gasteiger partial charge in [-0.15, -0.1) is 0 Å². The molecule has 1 aliphatic rings. The minimum Gasteiger partial charge on any atom is -0.472 e. The molecule has 1 amide bonds. The van der Waals surface area contributed by atoms with E-state index >= 15 is 0 Å². The van der Waals surface area contributed by atoms with Crippen LogP contribution in [0.5, 0.6) is 0 Å². The molecular formula is C15H18N4O2. The summed E-state index contributed by atoms with van der Waals surface area (Å²) in [5.74, 6) is 1.40. The second-order valence-electron chi connectivity index (χ2n) is 5.17. The van der Waals surface area contributed by atoms with Gasteiger partial charge in [0.15, 0.2) is 0 Å². The minimum atomic E-state index is -0.184. The predicted octanol–water partition coefficient (Wildman–Crippen LogP) is 1.91. The van der Waals surface area contributed by atoms with Gasteiger partial charge < -0.3 is 14.6 Å². The SMILES string of the molecule is Cc1cc(N2CCCC2)nc(CNC(=O)c2ccoc2)n1. The van der Waals surface area contributed by atoms with Crippen molar-refractivity contribution in [2.75, 3.05) is 18.0 Å². The Kier molecular flexibility index (Phi) is 3.85. The molecule has 0 atom stereocenters. The van der Waals surface area contributed by atoms with E-state index in [9.17, 15) is 4.79 Å². The molecule has 2 aromatic heterocycles. The third-order valence-corrected chi connectivity index (χ3v) is 3.51. The van der Waals surface area contributed by atoms with Gasteiger partial charge in [-0.25, -0.2) is 9.97 Å². The van der Waals surface area contributed by atoms with Crippen molar-refractivity contribution in [3.05, 3.63) is 41.7 Å². The average Bonchev–Trinajstić information content (AvgIpc) is 3.16. The Morgan fingerprint density at radius 3 is 2.90 bits per heavy atom. The largest absolute Gasteiger partial charge is 0.472 e. The summed E-state index contributed by atoms with van der Waals surface area (Å²) in [5.41, 5.74) is 1.42. The zero-order chi connectivity index (χ0) is 14.7. The highest BCUT2D eigenvalue weighted by molar-refractivity contribution is 5.93. The van der Waals surface area contributed by atoms with Crippen molar-refractivity contribution >= 4 is 11.7 Å².